The van der Waals surface area contributed by atoms with Gasteiger partial charge in [0.1, 0.15) is 5.01 Å². The maximum atomic E-state index is 12.7. The maximum absolute atomic E-state index is 12.7. The van der Waals surface area contributed by atoms with E-state index in [-0.39, 0.29) is 4.90 Å². The molecule has 0 aliphatic heterocycles. The highest BCUT2D eigenvalue weighted by Crippen LogP contribution is 2.29. The van der Waals surface area contributed by atoms with Gasteiger partial charge in [0.05, 0.1) is 10.4 Å². The van der Waals surface area contributed by atoms with Crippen LogP contribution in [0.2, 0.25) is 0 Å². The Bertz CT molecular complexity index is 751. The molecule has 0 amide bonds. The highest BCUT2D eigenvalue weighted by Gasteiger charge is 2.32. The molecule has 5 nitrogen and oxygen atoms in total. The van der Waals surface area contributed by atoms with Gasteiger partial charge in [0.15, 0.2) is 0 Å². The third kappa shape index (κ3) is 3.09. The van der Waals surface area contributed by atoms with Crippen molar-refractivity contribution in [3.63, 3.8) is 0 Å². The summed E-state index contributed by atoms with van der Waals surface area (Å²) < 4.78 is 28.2. The van der Waals surface area contributed by atoms with Gasteiger partial charge in [-0.2, -0.15) is 4.72 Å². The summed E-state index contributed by atoms with van der Waals surface area (Å²) in [5.74, 6) is 0. The molecule has 114 valence electrons. The standard InChI is InChI=1S/C14H19N3O2S2/c1-9-5-6-11(15)10(2)12(9)21(18,19)17-14(3,4)13-16-7-8-20-13/h5-8,17H,15H2,1-4H3. The maximum Gasteiger partial charge on any atom is 0.242 e. The molecule has 21 heavy (non-hydrogen) atoms. The van der Waals surface area contributed by atoms with Gasteiger partial charge in [-0.3, -0.25) is 0 Å². The lowest BCUT2D eigenvalue weighted by Crippen LogP contribution is -2.41. The summed E-state index contributed by atoms with van der Waals surface area (Å²) in [6.45, 7) is 7.06. The second-order valence-corrected chi connectivity index (χ2v) is 8.01. The van der Waals surface area contributed by atoms with Gasteiger partial charge >= 0.3 is 0 Å². The van der Waals surface area contributed by atoms with E-state index in [0.29, 0.717) is 21.8 Å². The van der Waals surface area contributed by atoms with Gasteiger partial charge in [0.25, 0.3) is 0 Å². The Kier molecular flexibility index (Phi) is 4.10. The van der Waals surface area contributed by atoms with Crippen LogP contribution in [0.3, 0.4) is 0 Å². The number of aryl methyl sites for hydroxylation is 1. The molecule has 7 heteroatoms. The van der Waals surface area contributed by atoms with Crippen molar-refractivity contribution in [1.82, 2.24) is 9.71 Å². The second-order valence-electron chi connectivity index (χ2n) is 5.49. The predicted octanol–water partition coefficient (Wildman–Crippen LogP) is 2.56. The van der Waals surface area contributed by atoms with Crippen LogP contribution in [-0.4, -0.2) is 13.4 Å². The number of anilines is 1. The average molecular weight is 325 g/mol. The molecule has 1 aromatic heterocycles. The molecule has 0 spiro atoms. The number of benzene rings is 1. The summed E-state index contributed by atoms with van der Waals surface area (Å²) in [7, 11) is -3.69. The van der Waals surface area contributed by atoms with Crippen molar-refractivity contribution in [1.29, 1.82) is 0 Å². The monoisotopic (exact) mass is 325 g/mol. The van der Waals surface area contributed by atoms with Crippen molar-refractivity contribution in [2.24, 2.45) is 0 Å². The summed E-state index contributed by atoms with van der Waals surface area (Å²) in [6.07, 6.45) is 1.66. The topological polar surface area (TPSA) is 85.1 Å². The van der Waals surface area contributed by atoms with E-state index >= 15 is 0 Å². The SMILES string of the molecule is Cc1ccc(N)c(C)c1S(=O)(=O)NC(C)(C)c1nccs1. The normalized spacial score (nSPS) is 12.6. The van der Waals surface area contributed by atoms with Crippen LogP contribution in [0.25, 0.3) is 0 Å². The molecule has 0 atom stereocenters. The van der Waals surface area contributed by atoms with Crippen molar-refractivity contribution < 1.29 is 8.42 Å². The Morgan fingerprint density at radius 1 is 1.29 bits per heavy atom. The fourth-order valence-corrected chi connectivity index (χ4v) is 4.88. The molecule has 0 fully saturated rings. The molecule has 0 saturated heterocycles. The van der Waals surface area contributed by atoms with Crippen LogP contribution in [0.4, 0.5) is 5.69 Å². The molecule has 1 aromatic carbocycles. The van der Waals surface area contributed by atoms with Crippen molar-refractivity contribution >= 4 is 27.0 Å². The Morgan fingerprint density at radius 2 is 1.95 bits per heavy atom. The summed E-state index contributed by atoms with van der Waals surface area (Å²) >= 11 is 1.41. The smallest absolute Gasteiger partial charge is 0.242 e. The van der Waals surface area contributed by atoms with E-state index in [1.807, 2.05) is 5.38 Å². The van der Waals surface area contributed by atoms with Crippen LogP contribution in [0.15, 0.2) is 28.6 Å². The minimum Gasteiger partial charge on any atom is -0.398 e. The zero-order valence-electron chi connectivity index (χ0n) is 12.5. The number of nitrogens with zero attached hydrogens (tertiary/aromatic N) is 1. The molecule has 0 saturated carbocycles. The number of nitrogens with two attached hydrogens (primary N) is 1. The van der Waals surface area contributed by atoms with Crippen LogP contribution in [-0.2, 0) is 15.6 Å². The van der Waals surface area contributed by atoms with E-state index in [4.69, 9.17) is 5.73 Å². The molecule has 0 aliphatic carbocycles. The quantitative estimate of drug-likeness (QED) is 0.846. The van der Waals surface area contributed by atoms with E-state index in [1.165, 1.54) is 11.3 Å². The van der Waals surface area contributed by atoms with Crippen LogP contribution in [0.1, 0.15) is 30.0 Å². The van der Waals surface area contributed by atoms with Gasteiger partial charge in [-0.15, -0.1) is 11.3 Å². The number of hydrogen-bond acceptors (Lipinski definition) is 5. The van der Waals surface area contributed by atoms with Crippen LogP contribution in [0.5, 0.6) is 0 Å². The van der Waals surface area contributed by atoms with E-state index in [9.17, 15) is 8.42 Å². The highest BCUT2D eigenvalue weighted by molar-refractivity contribution is 7.89. The largest absolute Gasteiger partial charge is 0.398 e. The molecule has 2 aromatic rings. The minimum atomic E-state index is -3.69. The molecule has 1 heterocycles. The summed E-state index contributed by atoms with van der Waals surface area (Å²) in [5, 5.41) is 2.54. The lowest BCUT2D eigenvalue weighted by molar-refractivity contribution is 0.469. The fraction of sp³-hybridized carbons (Fsp3) is 0.357. The van der Waals surface area contributed by atoms with Crippen molar-refractivity contribution in [3.05, 3.63) is 39.8 Å². The number of nitrogen functional groups attached to an aromatic ring is 1. The first-order valence-corrected chi connectivity index (χ1v) is 8.81. The van der Waals surface area contributed by atoms with E-state index in [1.54, 1.807) is 46.0 Å². The minimum absolute atomic E-state index is 0.243. The third-order valence-electron chi connectivity index (χ3n) is 3.27. The molecular formula is C14H19N3O2S2. The number of hydrogen-bond donors (Lipinski definition) is 2. The molecule has 0 radical (unpaired) electrons. The molecule has 3 N–H and O–H groups in total. The van der Waals surface area contributed by atoms with E-state index in [0.717, 1.165) is 0 Å². The average Bonchev–Trinajstić information content (AvgIpc) is 2.87. The molecule has 2 rings (SSSR count). The first kappa shape index (κ1) is 15.9. The Morgan fingerprint density at radius 3 is 2.52 bits per heavy atom. The van der Waals surface area contributed by atoms with Crippen LogP contribution >= 0.6 is 11.3 Å². The number of sulfonamides is 1. The van der Waals surface area contributed by atoms with Gasteiger partial charge in [-0.05, 0) is 44.9 Å². The lowest BCUT2D eigenvalue weighted by atomic mass is 10.1. The molecule has 0 unspecified atom stereocenters. The fourth-order valence-electron chi connectivity index (χ4n) is 2.22. The summed E-state index contributed by atoms with van der Waals surface area (Å²) in [4.78, 5) is 4.44. The van der Waals surface area contributed by atoms with Crippen LogP contribution in [0, 0.1) is 13.8 Å². The second kappa shape index (κ2) is 5.40. The first-order chi connectivity index (χ1) is 9.65. The van der Waals surface area contributed by atoms with Gasteiger partial charge in [-0.25, -0.2) is 13.4 Å². The van der Waals surface area contributed by atoms with Gasteiger partial charge in [0.2, 0.25) is 10.0 Å². The Hall–Kier alpha value is -1.44. The Labute approximate surface area is 129 Å². The lowest BCUT2D eigenvalue weighted by Gasteiger charge is -2.25. The Balaban J connectivity index is 2.47. The molecule has 0 aliphatic rings. The van der Waals surface area contributed by atoms with Crippen molar-refractivity contribution in [2.45, 2.75) is 38.1 Å². The first-order valence-electron chi connectivity index (χ1n) is 6.45. The molecular weight excluding hydrogens is 306 g/mol. The van der Waals surface area contributed by atoms with Gasteiger partial charge < -0.3 is 5.73 Å². The van der Waals surface area contributed by atoms with E-state index < -0.39 is 15.6 Å². The van der Waals surface area contributed by atoms with Gasteiger partial charge in [-0.1, -0.05) is 6.07 Å². The van der Waals surface area contributed by atoms with Crippen molar-refractivity contribution in [3.8, 4) is 0 Å². The van der Waals surface area contributed by atoms with Gasteiger partial charge in [0, 0.05) is 17.3 Å². The third-order valence-corrected chi connectivity index (χ3v) is 6.31. The highest BCUT2D eigenvalue weighted by atomic mass is 32.2. The number of aromatic nitrogens is 1. The predicted molar refractivity (Wildman–Crippen MR) is 85.8 cm³/mol. The summed E-state index contributed by atoms with van der Waals surface area (Å²) in [6, 6.07) is 3.43. The van der Waals surface area contributed by atoms with Crippen LogP contribution < -0.4 is 10.5 Å². The zero-order chi connectivity index (χ0) is 15.8. The molecule has 0 bridgehead atoms. The zero-order valence-corrected chi connectivity index (χ0v) is 14.1. The number of thiazole rings is 1. The number of rotatable bonds is 4. The summed E-state index contributed by atoms with van der Waals surface area (Å²) in [5.41, 5.74) is 6.76. The number of nitrogens with one attached hydrogen (secondary N) is 1. The van der Waals surface area contributed by atoms with E-state index in [2.05, 4.69) is 9.71 Å². The van der Waals surface area contributed by atoms with Crippen molar-refractivity contribution in [2.75, 3.05) is 5.73 Å².